The van der Waals surface area contributed by atoms with Crippen LogP contribution in [-0.4, -0.2) is 33.1 Å². The van der Waals surface area contributed by atoms with Crippen molar-refractivity contribution in [3.8, 4) is 34.3 Å². The van der Waals surface area contributed by atoms with E-state index in [1.165, 1.54) is 13.2 Å². The van der Waals surface area contributed by atoms with Crippen molar-refractivity contribution in [1.29, 1.82) is 0 Å². The van der Waals surface area contributed by atoms with Crippen molar-refractivity contribution in [2.24, 2.45) is 0 Å². The molecular formula is C33H26O7. The van der Waals surface area contributed by atoms with E-state index in [0.29, 0.717) is 56.4 Å². The number of esters is 1. The standard InChI is InChI=1S/C33H26O7/c1-36-23-14-17-29-27(19-23)31(32(40-29)22-9-5-4-6-10-22)33(35)39-25-11-7-8-21(18-25)12-16-28(34)26-15-13-24(37-2)20-30(26)38-3/h4-20H,1-3H3/b16-12+. The number of hydrogen-bond acceptors (Lipinski definition) is 7. The van der Waals surface area contributed by atoms with Crippen molar-refractivity contribution >= 4 is 28.8 Å². The van der Waals surface area contributed by atoms with Crippen LogP contribution in [0.3, 0.4) is 0 Å². The molecule has 0 atom stereocenters. The first kappa shape index (κ1) is 26.3. The smallest absolute Gasteiger partial charge is 0.348 e. The molecule has 0 saturated carbocycles. The summed E-state index contributed by atoms with van der Waals surface area (Å²) in [7, 11) is 4.60. The number of rotatable bonds is 9. The van der Waals surface area contributed by atoms with E-state index in [2.05, 4.69) is 0 Å². The minimum atomic E-state index is -0.578. The summed E-state index contributed by atoms with van der Waals surface area (Å²) in [4.78, 5) is 26.4. The van der Waals surface area contributed by atoms with Gasteiger partial charge in [0, 0.05) is 17.0 Å². The van der Waals surface area contributed by atoms with Crippen LogP contribution >= 0.6 is 0 Å². The number of hydrogen-bond donors (Lipinski definition) is 0. The Balaban J connectivity index is 1.42. The van der Waals surface area contributed by atoms with Crippen LogP contribution in [0.15, 0.2) is 101 Å². The predicted octanol–water partition coefficient (Wildman–Crippen LogP) is 7.24. The molecule has 200 valence electrons. The van der Waals surface area contributed by atoms with Crippen LogP contribution in [0.5, 0.6) is 23.0 Å². The van der Waals surface area contributed by atoms with Gasteiger partial charge >= 0.3 is 5.97 Å². The van der Waals surface area contributed by atoms with E-state index in [1.807, 2.05) is 30.3 Å². The van der Waals surface area contributed by atoms with E-state index >= 15 is 0 Å². The highest BCUT2D eigenvalue weighted by Gasteiger charge is 2.24. The molecule has 0 aliphatic heterocycles. The number of benzene rings is 4. The van der Waals surface area contributed by atoms with Crippen molar-refractivity contribution in [1.82, 2.24) is 0 Å². The van der Waals surface area contributed by atoms with Crippen molar-refractivity contribution in [2.75, 3.05) is 21.3 Å². The molecule has 0 spiro atoms. The average molecular weight is 535 g/mol. The Hall–Kier alpha value is -5.30. The Kier molecular flexibility index (Phi) is 7.64. The van der Waals surface area contributed by atoms with Gasteiger partial charge in [0.15, 0.2) is 5.78 Å². The van der Waals surface area contributed by atoms with Gasteiger partial charge in [-0.2, -0.15) is 0 Å². The highest BCUT2D eigenvalue weighted by Crippen LogP contribution is 2.36. The molecule has 5 rings (SSSR count). The molecule has 0 N–H and O–H groups in total. The van der Waals surface area contributed by atoms with E-state index in [-0.39, 0.29) is 5.78 Å². The Labute approximate surface area is 231 Å². The van der Waals surface area contributed by atoms with Gasteiger partial charge < -0.3 is 23.4 Å². The maximum Gasteiger partial charge on any atom is 0.348 e. The van der Waals surface area contributed by atoms with Crippen molar-refractivity contribution in [3.05, 3.63) is 114 Å². The maximum absolute atomic E-state index is 13.5. The summed E-state index contributed by atoms with van der Waals surface area (Å²) >= 11 is 0. The summed E-state index contributed by atoms with van der Waals surface area (Å²) in [6.07, 6.45) is 3.09. The molecule has 4 aromatic carbocycles. The summed E-state index contributed by atoms with van der Waals surface area (Å²) < 4.78 is 27.8. The summed E-state index contributed by atoms with van der Waals surface area (Å²) in [6.45, 7) is 0. The lowest BCUT2D eigenvalue weighted by molar-refractivity contribution is 0.0736. The molecule has 1 aromatic heterocycles. The number of ether oxygens (including phenoxy) is 4. The molecule has 0 saturated heterocycles. The van der Waals surface area contributed by atoms with Gasteiger partial charge in [0.1, 0.15) is 39.9 Å². The molecule has 7 nitrogen and oxygen atoms in total. The zero-order valence-corrected chi connectivity index (χ0v) is 22.2. The van der Waals surface area contributed by atoms with E-state index in [1.54, 1.807) is 81.0 Å². The topological polar surface area (TPSA) is 84.2 Å². The van der Waals surface area contributed by atoms with Gasteiger partial charge in [0.25, 0.3) is 0 Å². The number of ketones is 1. The Morgan fingerprint density at radius 2 is 1.48 bits per heavy atom. The summed E-state index contributed by atoms with van der Waals surface area (Å²) in [5, 5.41) is 0.582. The van der Waals surface area contributed by atoms with E-state index in [4.69, 9.17) is 23.4 Å². The number of carbonyl (C=O) groups excluding carboxylic acids is 2. The van der Waals surface area contributed by atoms with E-state index in [9.17, 15) is 9.59 Å². The molecule has 0 aliphatic rings. The fourth-order valence-corrected chi connectivity index (χ4v) is 4.30. The van der Waals surface area contributed by atoms with Gasteiger partial charge in [-0.25, -0.2) is 4.79 Å². The van der Waals surface area contributed by atoms with E-state index in [0.717, 1.165) is 5.56 Å². The third kappa shape index (κ3) is 5.44. The van der Waals surface area contributed by atoms with Gasteiger partial charge in [-0.05, 0) is 54.1 Å². The molecule has 1 heterocycles. The Morgan fingerprint density at radius 1 is 0.725 bits per heavy atom. The molecule has 5 aromatic rings. The number of fused-ring (bicyclic) bond motifs is 1. The molecule has 0 amide bonds. The van der Waals surface area contributed by atoms with E-state index < -0.39 is 5.97 Å². The minimum Gasteiger partial charge on any atom is -0.497 e. The number of methoxy groups -OCH3 is 3. The molecule has 40 heavy (non-hydrogen) atoms. The lowest BCUT2D eigenvalue weighted by Gasteiger charge is -2.08. The molecule has 0 aliphatic carbocycles. The Morgan fingerprint density at radius 3 is 2.23 bits per heavy atom. The highest BCUT2D eigenvalue weighted by atomic mass is 16.5. The van der Waals surface area contributed by atoms with Crippen LogP contribution in [0, 0.1) is 0 Å². The van der Waals surface area contributed by atoms with Crippen LogP contribution in [0.4, 0.5) is 0 Å². The fourth-order valence-electron chi connectivity index (χ4n) is 4.30. The van der Waals surface area contributed by atoms with Crippen molar-refractivity contribution in [3.63, 3.8) is 0 Å². The average Bonchev–Trinajstić information content (AvgIpc) is 3.39. The van der Waals surface area contributed by atoms with Gasteiger partial charge in [0.2, 0.25) is 0 Å². The fraction of sp³-hybridized carbons (Fsp3) is 0.0909. The van der Waals surface area contributed by atoms with Crippen molar-refractivity contribution in [2.45, 2.75) is 0 Å². The summed E-state index contributed by atoms with van der Waals surface area (Å²) in [6, 6.07) is 26.6. The lowest BCUT2D eigenvalue weighted by atomic mass is 10.1. The zero-order chi connectivity index (χ0) is 28.1. The number of furan rings is 1. The van der Waals surface area contributed by atoms with Gasteiger partial charge in [0.05, 0.1) is 26.9 Å². The minimum absolute atomic E-state index is 0.242. The second-order valence-electron chi connectivity index (χ2n) is 8.76. The normalized spacial score (nSPS) is 11.0. The van der Waals surface area contributed by atoms with Crippen LogP contribution in [0.2, 0.25) is 0 Å². The van der Waals surface area contributed by atoms with Crippen LogP contribution in [-0.2, 0) is 0 Å². The monoisotopic (exact) mass is 534 g/mol. The molecule has 0 fully saturated rings. The second-order valence-corrected chi connectivity index (χ2v) is 8.76. The second kappa shape index (κ2) is 11.6. The van der Waals surface area contributed by atoms with Crippen LogP contribution in [0.1, 0.15) is 26.3 Å². The molecule has 0 bridgehead atoms. The first-order chi connectivity index (χ1) is 19.5. The molecule has 0 unspecified atom stereocenters. The first-order valence-corrected chi connectivity index (χ1v) is 12.4. The Bertz CT molecular complexity index is 1710. The zero-order valence-electron chi connectivity index (χ0n) is 22.2. The van der Waals surface area contributed by atoms with Crippen LogP contribution < -0.4 is 18.9 Å². The summed E-state index contributed by atoms with van der Waals surface area (Å²) in [5.74, 6) is 1.49. The number of carbonyl (C=O) groups is 2. The van der Waals surface area contributed by atoms with Gasteiger partial charge in [-0.3, -0.25) is 4.79 Å². The molecule has 7 heteroatoms. The van der Waals surface area contributed by atoms with Gasteiger partial charge in [-0.15, -0.1) is 0 Å². The number of allylic oxidation sites excluding steroid dienone is 1. The third-order valence-corrected chi connectivity index (χ3v) is 6.31. The van der Waals surface area contributed by atoms with Gasteiger partial charge in [-0.1, -0.05) is 48.5 Å². The predicted molar refractivity (Wildman–Crippen MR) is 153 cm³/mol. The van der Waals surface area contributed by atoms with Crippen molar-refractivity contribution < 1.29 is 33.0 Å². The largest absolute Gasteiger partial charge is 0.497 e. The third-order valence-electron chi connectivity index (χ3n) is 6.31. The quantitative estimate of drug-likeness (QED) is 0.0853. The maximum atomic E-state index is 13.5. The highest BCUT2D eigenvalue weighted by molar-refractivity contribution is 6.10. The lowest BCUT2D eigenvalue weighted by Crippen LogP contribution is -2.09. The molecule has 0 radical (unpaired) electrons. The molecular weight excluding hydrogens is 508 g/mol. The summed E-state index contributed by atoms with van der Waals surface area (Å²) in [5.41, 5.74) is 2.65. The SMILES string of the molecule is COc1ccc(C(=O)/C=C/c2cccc(OC(=O)c3c(-c4ccccc4)oc4ccc(OC)cc34)c2)c(OC)c1. The first-order valence-electron chi connectivity index (χ1n) is 12.4. The van der Waals surface area contributed by atoms with Crippen LogP contribution in [0.25, 0.3) is 28.4 Å².